The molecule has 0 spiro atoms. The van der Waals surface area contributed by atoms with Crippen LogP contribution in [0, 0.1) is 5.41 Å². The fraction of sp³-hybridized carbons (Fsp3) is 0.867. The average molecular weight is 295 g/mol. The van der Waals surface area contributed by atoms with Crippen molar-refractivity contribution in [3.8, 4) is 0 Å². The predicted molar refractivity (Wildman–Crippen MR) is 77.7 cm³/mol. The van der Waals surface area contributed by atoms with Crippen LogP contribution in [0.5, 0.6) is 0 Å². The van der Waals surface area contributed by atoms with E-state index in [4.69, 9.17) is 5.73 Å². The fourth-order valence-electron chi connectivity index (χ4n) is 3.88. The van der Waals surface area contributed by atoms with E-state index in [2.05, 4.69) is 4.90 Å². The minimum absolute atomic E-state index is 0.222. The summed E-state index contributed by atoms with van der Waals surface area (Å²) >= 11 is 0. The van der Waals surface area contributed by atoms with Gasteiger partial charge in [0.15, 0.2) is 0 Å². The van der Waals surface area contributed by atoms with Crippen molar-refractivity contribution in [3.63, 3.8) is 0 Å². The third-order valence-electron chi connectivity index (χ3n) is 5.50. The van der Waals surface area contributed by atoms with Crippen LogP contribution in [-0.2, 0) is 9.59 Å². The summed E-state index contributed by atoms with van der Waals surface area (Å²) in [6.45, 7) is 2.82. The van der Waals surface area contributed by atoms with Gasteiger partial charge in [-0.1, -0.05) is 0 Å². The maximum Gasteiger partial charge on any atom is 0.320 e. The summed E-state index contributed by atoms with van der Waals surface area (Å²) < 4.78 is 0. The second kappa shape index (κ2) is 5.57. The van der Waals surface area contributed by atoms with Crippen molar-refractivity contribution >= 4 is 11.9 Å². The minimum Gasteiger partial charge on any atom is -0.480 e. The maximum atomic E-state index is 12.5. The van der Waals surface area contributed by atoms with Gasteiger partial charge in [-0.3, -0.25) is 14.5 Å². The van der Waals surface area contributed by atoms with E-state index in [9.17, 15) is 14.7 Å². The van der Waals surface area contributed by atoms with E-state index in [1.54, 1.807) is 0 Å². The standard InChI is InChI=1S/C15H25N3O3/c16-10-15(5-6-15)14(21)17-8-3-11(4-9-17)18-7-1-2-12(18)13(19)20/h11-12H,1-10,16H2,(H,19,20). The van der Waals surface area contributed by atoms with Crippen molar-refractivity contribution in [3.05, 3.63) is 0 Å². The molecule has 21 heavy (non-hydrogen) atoms. The first-order chi connectivity index (χ1) is 10.1. The number of likely N-dealkylation sites (tertiary alicyclic amines) is 2. The summed E-state index contributed by atoms with van der Waals surface area (Å²) in [6, 6.07) is -0.0123. The number of hydrogen-bond donors (Lipinski definition) is 2. The minimum atomic E-state index is -0.703. The van der Waals surface area contributed by atoms with E-state index in [1.165, 1.54) is 0 Å². The molecule has 0 radical (unpaired) electrons. The SMILES string of the molecule is NCC1(C(=O)N2CCC(N3CCCC3C(=O)O)CC2)CC1. The first-order valence-corrected chi connectivity index (χ1v) is 8.05. The van der Waals surface area contributed by atoms with Gasteiger partial charge in [0.1, 0.15) is 6.04 Å². The van der Waals surface area contributed by atoms with Crippen molar-refractivity contribution in [1.82, 2.24) is 9.80 Å². The zero-order valence-electron chi connectivity index (χ0n) is 12.5. The average Bonchev–Trinajstić information content (AvgIpc) is 3.14. The molecule has 2 aliphatic heterocycles. The number of carboxylic acids is 1. The van der Waals surface area contributed by atoms with Gasteiger partial charge >= 0.3 is 5.97 Å². The molecule has 0 aromatic carbocycles. The number of piperidine rings is 1. The van der Waals surface area contributed by atoms with Crippen molar-refractivity contribution in [2.75, 3.05) is 26.2 Å². The van der Waals surface area contributed by atoms with Crippen molar-refractivity contribution in [2.24, 2.45) is 11.1 Å². The molecule has 6 heteroatoms. The lowest BCUT2D eigenvalue weighted by molar-refractivity contribution is -0.144. The molecule has 1 saturated carbocycles. The van der Waals surface area contributed by atoms with E-state index in [0.717, 1.165) is 58.2 Å². The first kappa shape index (κ1) is 14.8. The van der Waals surface area contributed by atoms with Gasteiger partial charge < -0.3 is 15.7 Å². The lowest BCUT2D eigenvalue weighted by atomic mass is 9.99. The van der Waals surface area contributed by atoms with Gasteiger partial charge in [-0.25, -0.2) is 0 Å². The topological polar surface area (TPSA) is 86.9 Å². The molecule has 3 fully saturated rings. The zero-order valence-corrected chi connectivity index (χ0v) is 12.5. The molecule has 1 aliphatic carbocycles. The molecule has 1 unspecified atom stereocenters. The molecule has 0 aromatic rings. The lowest BCUT2D eigenvalue weighted by Crippen LogP contribution is -2.51. The van der Waals surface area contributed by atoms with Crippen LogP contribution in [0.1, 0.15) is 38.5 Å². The normalized spacial score (nSPS) is 29.6. The Bertz CT molecular complexity index is 428. The number of carbonyl (C=O) groups is 2. The van der Waals surface area contributed by atoms with Gasteiger partial charge in [0, 0.05) is 25.7 Å². The van der Waals surface area contributed by atoms with E-state index < -0.39 is 5.97 Å². The molecule has 1 atom stereocenters. The van der Waals surface area contributed by atoms with Gasteiger partial charge in [-0.15, -0.1) is 0 Å². The molecule has 3 rings (SSSR count). The number of hydrogen-bond acceptors (Lipinski definition) is 4. The molecular formula is C15H25N3O3. The Morgan fingerprint density at radius 2 is 1.81 bits per heavy atom. The highest BCUT2D eigenvalue weighted by atomic mass is 16.4. The summed E-state index contributed by atoms with van der Waals surface area (Å²) in [4.78, 5) is 27.8. The van der Waals surface area contributed by atoms with Crippen LogP contribution in [0.4, 0.5) is 0 Å². The highest BCUT2D eigenvalue weighted by Crippen LogP contribution is 2.46. The summed E-state index contributed by atoms with van der Waals surface area (Å²) in [5, 5.41) is 9.28. The highest BCUT2D eigenvalue weighted by molar-refractivity contribution is 5.85. The lowest BCUT2D eigenvalue weighted by Gasteiger charge is -2.39. The Balaban J connectivity index is 1.56. The summed E-state index contributed by atoms with van der Waals surface area (Å²) in [5.74, 6) is -0.481. The van der Waals surface area contributed by atoms with E-state index in [0.29, 0.717) is 12.6 Å². The molecule has 6 nitrogen and oxygen atoms in total. The number of carbonyl (C=O) groups excluding carboxylic acids is 1. The van der Waals surface area contributed by atoms with Crippen molar-refractivity contribution in [2.45, 2.75) is 50.6 Å². The number of aliphatic carboxylic acids is 1. The van der Waals surface area contributed by atoms with Gasteiger partial charge in [0.2, 0.25) is 5.91 Å². The first-order valence-electron chi connectivity index (χ1n) is 8.05. The van der Waals surface area contributed by atoms with Crippen molar-refractivity contribution in [1.29, 1.82) is 0 Å². The summed E-state index contributed by atoms with van der Waals surface area (Å²) in [6.07, 6.45) is 5.34. The molecule has 1 amide bonds. The van der Waals surface area contributed by atoms with Crippen LogP contribution in [0.25, 0.3) is 0 Å². The number of amides is 1. The van der Waals surface area contributed by atoms with E-state index >= 15 is 0 Å². The van der Waals surface area contributed by atoms with Crippen LogP contribution in [0.2, 0.25) is 0 Å². The molecule has 2 saturated heterocycles. The van der Waals surface area contributed by atoms with Gasteiger partial charge in [-0.2, -0.15) is 0 Å². The zero-order chi connectivity index (χ0) is 15.0. The van der Waals surface area contributed by atoms with Gasteiger partial charge in [0.25, 0.3) is 0 Å². The van der Waals surface area contributed by atoms with Crippen LogP contribution in [-0.4, -0.2) is 65.0 Å². The summed E-state index contributed by atoms with van der Waals surface area (Å²) in [7, 11) is 0. The molecule has 2 heterocycles. The largest absolute Gasteiger partial charge is 0.480 e. The Morgan fingerprint density at radius 1 is 1.14 bits per heavy atom. The Labute approximate surface area is 125 Å². The maximum absolute atomic E-state index is 12.5. The molecule has 0 aromatic heterocycles. The smallest absolute Gasteiger partial charge is 0.320 e. The molecule has 0 bridgehead atoms. The van der Waals surface area contributed by atoms with Crippen molar-refractivity contribution < 1.29 is 14.7 Å². The van der Waals surface area contributed by atoms with Crippen LogP contribution >= 0.6 is 0 Å². The van der Waals surface area contributed by atoms with E-state index in [1.807, 2.05) is 4.90 Å². The molecule has 118 valence electrons. The number of nitrogens with zero attached hydrogens (tertiary/aromatic N) is 2. The molecule has 3 aliphatic rings. The van der Waals surface area contributed by atoms with Gasteiger partial charge in [-0.05, 0) is 45.1 Å². The second-order valence-corrected chi connectivity index (χ2v) is 6.74. The number of rotatable bonds is 4. The Morgan fingerprint density at radius 3 is 2.33 bits per heavy atom. The fourth-order valence-corrected chi connectivity index (χ4v) is 3.88. The Kier molecular flexibility index (Phi) is 3.92. The monoisotopic (exact) mass is 295 g/mol. The van der Waals surface area contributed by atoms with Crippen LogP contribution < -0.4 is 5.73 Å². The second-order valence-electron chi connectivity index (χ2n) is 6.74. The predicted octanol–water partition coefficient (Wildman–Crippen LogP) is 0.265. The number of carboxylic acid groups (broad SMARTS) is 1. The Hall–Kier alpha value is -1.14. The third-order valence-corrected chi connectivity index (χ3v) is 5.50. The quantitative estimate of drug-likeness (QED) is 0.777. The van der Waals surface area contributed by atoms with Crippen LogP contribution in [0.3, 0.4) is 0 Å². The highest BCUT2D eigenvalue weighted by Gasteiger charge is 2.51. The number of nitrogens with two attached hydrogens (primary N) is 1. The van der Waals surface area contributed by atoms with Gasteiger partial charge in [0.05, 0.1) is 5.41 Å². The van der Waals surface area contributed by atoms with Crippen LogP contribution in [0.15, 0.2) is 0 Å². The summed E-state index contributed by atoms with van der Waals surface area (Å²) in [5.41, 5.74) is 5.47. The third kappa shape index (κ3) is 2.66. The molecular weight excluding hydrogens is 270 g/mol. The van der Waals surface area contributed by atoms with E-state index in [-0.39, 0.29) is 17.4 Å². The molecule has 3 N–H and O–H groups in total.